The summed E-state index contributed by atoms with van der Waals surface area (Å²) in [4.78, 5) is 13.0. The van der Waals surface area contributed by atoms with Crippen molar-refractivity contribution in [3.8, 4) is 0 Å². The number of anilines is 1. The van der Waals surface area contributed by atoms with Gasteiger partial charge in [0.05, 0.1) is 5.56 Å². The Balaban J connectivity index is 1.28. The second-order valence-electron chi connectivity index (χ2n) is 7.03. The van der Waals surface area contributed by atoms with Crippen LogP contribution in [0.4, 0.5) is 19.0 Å². The normalized spacial score (nSPS) is 20.2. The van der Waals surface area contributed by atoms with Gasteiger partial charge in [-0.3, -0.25) is 9.88 Å². The number of hydrogen-bond acceptors (Lipinski definition) is 4. The highest BCUT2D eigenvalue weighted by atomic mass is 19.4. The van der Waals surface area contributed by atoms with E-state index in [2.05, 4.69) is 25.8 Å². The third-order valence-corrected chi connectivity index (χ3v) is 5.40. The lowest BCUT2D eigenvalue weighted by atomic mass is 9.90. The van der Waals surface area contributed by atoms with Crippen LogP contribution in [-0.2, 0) is 6.18 Å². The van der Waals surface area contributed by atoms with Crippen LogP contribution in [0.25, 0.3) is 0 Å². The van der Waals surface area contributed by atoms with Crippen molar-refractivity contribution in [2.45, 2.75) is 31.0 Å². The molecule has 7 heteroatoms. The molecule has 0 spiro atoms. The summed E-state index contributed by atoms with van der Waals surface area (Å²) in [5, 5.41) is 0. The largest absolute Gasteiger partial charge is 0.417 e. The van der Waals surface area contributed by atoms with Crippen LogP contribution in [0.3, 0.4) is 0 Å². The molecule has 4 rings (SSSR count). The van der Waals surface area contributed by atoms with Crippen LogP contribution in [0.2, 0.25) is 0 Å². The van der Waals surface area contributed by atoms with E-state index in [0.29, 0.717) is 17.8 Å². The number of rotatable bonds is 3. The highest BCUT2D eigenvalue weighted by Gasteiger charge is 2.36. The summed E-state index contributed by atoms with van der Waals surface area (Å²) in [6.45, 7) is 3.74. The molecule has 2 fully saturated rings. The zero-order chi connectivity index (χ0) is 18.1. The maximum atomic E-state index is 12.6. The molecular formula is C19H21F3N4. The van der Waals surface area contributed by atoms with E-state index in [1.807, 2.05) is 18.3 Å². The zero-order valence-corrected chi connectivity index (χ0v) is 14.4. The van der Waals surface area contributed by atoms with E-state index in [0.717, 1.165) is 57.0 Å². The van der Waals surface area contributed by atoms with Gasteiger partial charge in [-0.05, 0) is 37.1 Å². The van der Waals surface area contributed by atoms with Crippen molar-refractivity contribution in [2.24, 2.45) is 0 Å². The van der Waals surface area contributed by atoms with E-state index in [1.54, 1.807) is 0 Å². The summed E-state index contributed by atoms with van der Waals surface area (Å²) < 4.78 is 37.9. The average Bonchev–Trinajstić information content (AvgIpc) is 2.61. The van der Waals surface area contributed by atoms with E-state index in [9.17, 15) is 13.2 Å². The number of halogens is 3. The molecule has 2 aliphatic rings. The molecule has 2 aromatic rings. The molecule has 0 aliphatic carbocycles. The molecule has 138 valence electrons. The average molecular weight is 362 g/mol. The first-order valence-electron chi connectivity index (χ1n) is 8.94. The van der Waals surface area contributed by atoms with Gasteiger partial charge in [-0.1, -0.05) is 6.07 Å². The SMILES string of the molecule is FC(F)(F)c1ccc(N2CCC(N3CC(c4ccccn4)C3)CC2)nc1. The summed E-state index contributed by atoms with van der Waals surface area (Å²) in [6.07, 6.45) is 0.456. The van der Waals surface area contributed by atoms with Crippen LogP contribution in [0, 0.1) is 0 Å². The molecule has 0 radical (unpaired) electrons. The quantitative estimate of drug-likeness (QED) is 0.836. The highest BCUT2D eigenvalue weighted by molar-refractivity contribution is 5.40. The molecule has 26 heavy (non-hydrogen) atoms. The topological polar surface area (TPSA) is 32.3 Å². The number of piperidine rings is 1. The van der Waals surface area contributed by atoms with Crippen LogP contribution in [-0.4, -0.2) is 47.1 Å². The lowest BCUT2D eigenvalue weighted by Crippen LogP contribution is -2.54. The molecule has 2 aliphatic heterocycles. The number of likely N-dealkylation sites (tertiary alicyclic amines) is 1. The summed E-state index contributed by atoms with van der Waals surface area (Å²) >= 11 is 0. The minimum atomic E-state index is -4.33. The monoisotopic (exact) mass is 362 g/mol. The van der Waals surface area contributed by atoms with Gasteiger partial charge in [0.2, 0.25) is 0 Å². The van der Waals surface area contributed by atoms with Crippen LogP contribution in [0.15, 0.2) is 42.7 Å². The lowest BCUT2D eigenvalue weighted by molar-refractivity contribution is -0.137. The van der Waals surface area contributed by atoms with E-state index < -0.39 is 11.7 Å². The number of pyridine rings is 2. The fraction of sp³-hybridized carbons (Fsp3) is 0.474. The molecule has 2 saturated heterocycles. The maximum absolute atomic E-state index is 12.6. The molecule has 0 bridgehead atoms. The Bertz CT molecular complexity index is 719. The van der Waals surface area contributed by atoms with Crippen molar-refractivity contribution in [1.29, 1.82) is 0 Å². The Labute approximate surface area is 150 Å². The molecule has 4 nitrogen and oxygen atoms in total. The molecule has 0 N–H and O–H groups in total. The van der Waals surface area contributed by atoms with Crippen molar-refractivity contribution in [2.75, 3.05) is 31.1 Å². The van der Waals surface area contributed by atoms with E-state index in [1.165, 1.54) is 6.07 Å². The third kappa shape index (κ3) is 3.53. The standard InChI is InChI=1S/C19H21F3N4/c20-19(21,22)15-4-5-18(24-11-15)25-9-6-16(7-10-25)26-12-14(13-26)17-3-1-2-8-23-17/h1-5,8,11,14,16H,6-7,9-10,12-13H2. The number of alkyl halides is 3. The Morgan fingerprint density at radius 1 is 0.962 bits per heavy atom. The van der Waals surface area contributed by atoms with Crippen LogP contribution < -0.4 is 4.90 Å². The first-order valence-corrected chi connectivity index (χ1v) is 8.94. The Hall–Kier alpha value is -2.15. The predicted molar refractivity (Wildman–Crippen MR) is 93.0 cm³/mol. The van der Waals surface area contributed by atoms with E-state index in [4.69, 9.17) is 0 Å². The molecule has 0 saturated carbocycles. The molecule has 0 aromatic carbocycles. The molecule has 4 heterocycles. The lowest BCUT2D eigenvalue weighted by Gasteiger charge is -2.47. The third-order valence-electron chi connectivity index (χ3n) is 5.40. The van der Waals surface area contributed by atoms with Gasteiger partial charge in [-0.15, -0.1) is 0 Å². The van der Waals surface area contributed by atoms with Gasteiger partial charge in [0.25, 0.3) is 0 Å². The van der Waals surface area contributed by atoms with Gasteiger partial charge < -0.3 is 4.90 Å². The fourth-order valence-electron chi connectivity index (χ4n) is 3.82. The second-order valence-corrected chi connectivity index (χ2v) is 7.03. The number of nitrogens with zero attached hydrogens (tertiary/aromatic N) is 4. The number of aromatic nitrogens is 2. The smallest absolute Gasteiger partial charge is 0.357 e. The van der Waals surface area contributed by atoms with Gasteiger partial charge >= 0.3 is 6.18 Å². The molecule has 2 aromatic heterocycles. The van der Waals surface area contributed by atoms with Crippen molar-refractivity contribution >= 4 is 5.82 Å². The molecule has 0 unspecified atom stereocenters. The van der Waals surface area contributed by atoms with Gasteiger partial charge in [0, 0.05) is 56.2 Å². The summed E-state index contributed by atoms with van der Waals surface area (Å²) in [7, 11) is 0. The fourth-order valence-corrected chi connectivity index (χ4v) is 3.82. The maximum Gasteiger partial charge on any atom is 0.417 e. The van der Waals surface area contributed by atoms with Gasteiger partial charge in [0.1, 0.15) is 5.82 Å². The Morgan fingerprint density at radius 3 is 2.31 bits per heavy atom. The molecule has 0 amide bonds. The van der Waals surface area contributed by atoms with E-state index >= 15 is 0 Å². The van der Waals surface area contributed by atoms with Gasteiger partial charge in [-0.2, -0.15) is 13.2 Å². The zero-order valence-electron chi connectivity index (χ0n) is 14.4. The minimum absolute atomic E-state index is 0.519. The summed E-state index contributed by atoms with van der Waals surface area (Å²) in [5.41, 5.74) is 0.465. The van der Waals surface area contributed by atoms with Crippen molar-refractivity contribution in [1.82, 2.24) is 14.9 Å². The predicted octanol–water partition coefficient (Wildman–Crippen LogP) is 3.56. The molecule has 0 atom stereocenters. The van der Waals surface area contributed by atoms with Crippen LogP contribution in [0.1, 0.15) is 30.0 Å². The summed E-state index contributed by atoms with van der Waals surface area (Å²) in [5.74, 6) is 1.15. The van der Waals surface area contributed by atoms with E-state index in [-0.39, 0.29) is 0 Å². The highest BCUT2D eigenvalue weighted by Crippen LogP contribution is 2.32. The van der Waals surface area contributed by atoms with Crippen molar-refractivity contribution in [3.05, 3.63) is 54.0 Å². The first kappa shape index (κ1) is 17.3. The molecular weight excluding hydrogens is 341 g/mol. The Kier molecular flexibility index (Phi) is 4.56. The Morgan fingerprint density at radius 2 is 1.73 bits per heavy atom. The minimum Gasteiger partial charge on any atom is -0.357 e. The summed E-state index contributed by atoms with van der Waals surface area (Å²) in [6, 6.07) is 9.18. The second kappa shape index (κ2) is 6.87. The van der Waals surface area contributed by atoms with Crippen LogP contribution in [0.5, 0.6) is 0 Å². The van der Waals surface area contributed by atoms with Gasteiger partial charge in [0.15, 0.2) is 0 Å². The van der Waals surface area contributed by atoms with Crippen molar-refractivity contribution < 1.29 is 13.2 Å². The van der Waals surface area contributed by atoms with Gasteiger partial charge in [-0.25, -0.2) is 4.98 Å². The number of hydrogen-bond donors (Lipinski definition) is 0. The van der Waals surface area contributed by atoms with Crippen molar-refractivity contribution in [3.63, 3.8) is 0 Å². The van der Waals surface area contributed by atoms with Crippen LogP contribution >= 0.6 is 0 Å². The first-order chi connectivity index (χ1) is 12.5.